The van der Waals surface area contributed by atoms with Gasteiger partial charge in [-0.1, -0.05) is 19.8 Å². The average molecular weight is 169 g/mol. The molecule has 0 heterocycles. The van der Waals surface area contributed by atoms with Gasteiger partial charge >= 0.3 is 0 Å². The average Bonchev–Trinajstić information content (AvgIpc) is 2.00. The van der Waals surface area contributed by atoms with Crippen LogP contribution >= 0.6 is 0 Å². The van der Waals surface area contributed by atoms with Gasteiger partial charge in [-0.15, -0.1) is 6.42 Å². The summed E-state index contributed by atoms with van der Waals surface area (Å²) < 4.78 is 0. The van der Waals surface area contributed by atoms with Crippen LogP contribution in [0.15, 0.2) is 0 Å². The lowest BCUT2D eigenvalue weighted by Gasteiger charge is -2.24. The first-order chi connectivity index (χ1) is 5.52. The van der Waals surface area contributed by atoms with Gasteiger partial charge in [0.2, 0.25) is 0 Å². The van der Waals surface area contributed by atoms with E-state index in [0.717, 1.165) is 13.0 Å². The van der Waals surface area contributed by atoms with Crippen molar-refractivity contribution >= 4 is 0 Å². The number of hydrogen-bond donors (Lipinski definition) is 2. The highest BCUT2D eigenvalue weighted by molar-refractivity contribution is 4.96. The first-order valence-electron chi connectivity index (χ1n) is 4.32. The minimum Gasteiger partial charge on any atom is -0.396 e. The fourth-order valence-corrected chi connectivity index (χ4v) is 0.879. The molecule has 70 valence electrons. The van der Waals surface area contributed by atoms with E-state index < -0.39 is 0 Å². The first-order valence-corrected chi connectivity index (χ1v) is 4.32. The van der Waals surface area contributed by atoms with Crippen molar-refractivity contribution in [3.8, 4) is 12.3 Å². The van der Waals surface area contributed by atoms with Crippen LogP contribution in [0.3, 0.4) is 0 Å². The predicted molar refractivity (Wildman–Crippen MR) is 51.8 cm³/mol. The Hall–Kier alpha value is -0.520. The smallest absolute Gasteiger partial charge is 0.0658 e. The van der Waals surface area contributed by atoms with E-state index in [4.69, 9.17) is 11.5 Å². The van der Waals surface area contributed by atoms with Crippen molar-refractivity contribution < 1.29 is 5.11 Å². The lowest BCUT2D eigenvalue weighted by molar-refractivity contribution is 0.206. The van der Waals surface area contributed by atoms with Crippen LogP contribution < -0.4 is 5.32 Å². The van der Waals surface area contributed by atoms with Crippen molar-refractivity contribution in [2.24, 2.45) is 5.41 Å². The molecule has 0 aromatic rings. The highest BCUT2D eigenvalue weighted by Crippen LogP contribution is 2.17. The number of aliphatic hydroxyl groups excluding tert-OH is 1. The molecule has 0 aromatic carbocycles. The molecule has 1 unspecified atom stereocenters. The van der Waals surface area contributed by atoms with Crippen LogP contribution in [0.25, 0.3) is 0 Å². The van der Waals surface area contributed by atoms with Gasteiger partial charge in [0.1, 0.15) is 0 Å². The Balaban J connectivity index is 3.68. The molecule has 2 N–H and O–H groups in total. The Labute approximate surface area is 75.4 Å². The number of aliphatic hydroxyl groups is 1. The summed E-state index contributed by atoms with van der Waals surface area (Å²) in [6.45, 7) is 7.26. The Morgan fingerprint density at radius 3 is 2.58 bits per heavy atom. The lowest BCUT2D eigenvalue weighted by atomic mass is 9.89. The summed E-state index contributed by atoms with van der Waals surface area (Å²) in [5.41, 5.74) is 0.125. The summed E-state index contributed by atoms with van der Waals surface area (Å²) in [4.78, 5) is 0. The van der Waals surface area contributed by atoms with Crippen LogP contribution in [0.2, 0.25) is 0 Å². The SMILES string of the molecule is C#CC(C)NCC(C)(C)CCO. The zero-order valence-corrected chi connectivity index (χ0v) is 8.22. The predicted octanol–water partition coefficient (Wildman–Crippen LogP) is 1.01. The lowest BCUT2D eigenvalue weighted by Crippen LogP contribution is -2.35. The topological polar surface area (TPSA) is 32.3 Å². The van der Waals surface area contributed by atoms with E-state index in [-0.39, 0.29) is 18.1 Å². The number of terminal acetylenes is 1. The summed E-state index contributed by atoms with van der Waals surface area (Å²) in [5, 5.41) is 12.0. The summed E-state index contributed by atoms with van der Waals surface area (Å²) in [5.74, 6) is 2.61. The zero-order valence-electron chi connectivity index (χ0n) is 8.22. The van der Waals surface area contributed by atoms with E-state index in [1.54, 1.807) is 0 Å². The van der Waals surface area contributed by atoms with E-state index >= 15 is 0 Å². The number of rotatable bonds is 5. The third-order valence-electron chi connectivity index (χ3n) is 1.93. The summed E-state index contributed by atoms with van der Waals surface area (Å²) in [7, 11) is 0. The first kappa shape index (κ1) is 11.5. The maximum atomic E-state index is 8.76. The molecule has 0 fully saturated rings. The second kappa shape index (κ2) is 5.18. The zero-order chi connectivity index (χ0) is 9.61. The molecular weight excluding hydrogens is 150 g/mol. The number of nitrogens with one attached hydrogen (secondary N) is 1. The van der Waals surface area contributed by atoms with E-state index in [0.29, 0.717) is 0 Å². The molecule has 0 saturated carbocycles. The minimum atomic E-state index is 0.114. The van der Waals surface area contributed by atoms with Gasteiger partial charge in [-0.2, -0.15) is 0 Å². The molecule has 0 aliphatic heterocycles. The minimum absolute atomic E-state index is 0.114. The summed E-state index contributed by atoms with van der Waals surface area (Å²) in [6.07, 6.45) is 6.02. The van der Waals surface area contributed by atoms with Gasteiger partial charge < -0.3 is 10.4 Å². The molecule has 12 heavy (non-hydrogen) atoms. The monoisotopic (exact) mass is 169 g/mol. The molecule has 0 aromatic heterocycles. The number of hydrogen-bond acceptors (Lipinski definition) is 2. The molecule has 2 heteroatoms. The van der Waals surface area contributed by atoms with Gasteiger partial charge in [0.05, 0.1) is 6.04 Å². The molecular formula is C10H19NO. The van der Waals surface area contributed by atoms with Gasteiger partial charge in [0.15, 0.2) is 0 Å². The van der Waals surface area contributed by atoms with Gasteiger partial charge in [0, 0.05) is 13.2 Å². The molecule has 0 aliphatic rings. The quantitative estimate of drug-likeness (QED) is 0.602. The highest BCUT2D eigenvalue weighted by Gasteiger charge is 2.16. The Morgan fingerprint density at radius 1 is 1.58 bits per heavy atom. The van der Waals surface area contributed by atoms with Crippen LogP contribution in [0.4, 0.5) is 0 Å². The second-order valence-electron chi connectivity index (χ2n) is 3.91. The molecule has 0 rings (SSSR count). The largest absolute Gasteiger partial charge is 0.396 e. The second-order valence-corrected chi connectivity index (χ2v) is 3.91. The summed E-state index contributed by atoms with van der Waals surface area (Å²) >= 11 is 0. The van der Waals surface area contributed by atoms with Gasteiger partial charge in [-0.25, -0.2) is 0 Å². The summed E-state index contributed by atoms with van der Waals surface area (Å²) in [6, 6.07) is 0.114. The van der Waals surface area contributed by atoms with Crippen LogP contribution in [-0.2, 0) is 0 Å². The van der Waals surface area contributed by atoms with E-state index in [9.17, 15) is 0 Å². The standard InChI is InChI=1S/C10H19NO/c1-5-9(2)11-8-10(3,4)6-7-12/h1,9,11-12H,6-8H2,2-4H3. The normalized spacial score (nSPS) is 13.9. The molecule has 1 atom stereocenters. The van der Waals surface area contributed by atoms with Crippen LogP contribution in [0.1, 0.15) is 27.2 Å². The Kier molecular flexibility index (Phi) is 4.96. The van der Waals surface area contributed by atoms with E-state index in [1.807, 2.05) is 6.92 Å². The van der Waals surface area contributed by atoms with Crippen molar-refractivity contribution in [2.75, 3.05) is 13.2 Å². The molecule has 0 aliphatic carbocycles. The van der Waals surface area contributed by atoms with Crippen molar-refractivity contribution in [1.82, 2.24) is 5.32 Å². The third-order valence-corrected chi connectivity index (χ3v) is 1.93. The molecule has 0 bridgehead atoms. The molecule has 0 radical (unpaired) electrons. The van der Waals surface area contributed by atoms with E-state index in [1.165, 1.54) is 0 Å². The van der Waals surface area contributed by atoms with Crippen molar-refractivity contribution in [2.45, 2.75) is 33.2 Å². The van der Waals surface area contributed by atoms with Gasteiger partial charge in [-0.05, 0) is 18.8 Å². The third kappa shape index (κ3) is 5.17. The Morgan fingerprint density at radius 2 is 2.17 bits per heavy atom. The van der Waals surface area contributed by atoms with E-state index in [2.05, 4.69) is 25.1 Å². The van der Waals surface area contributed by atoms with Crippen LogP contribution in [-0.4, -0.2) is 24.3 Å². The van der Waals surface area contributed by atoms with Crippen LogP contribution in [0, 0.1) is 17.8 Å². The Bertz CT molecular complexity index is 158. The fourth-order valence-electron chi connectivity index (χ4n) is 0.879. The van der Waals surface area contributed by atoms with Crippen molar-refractivity contribution in [1.29, 1.82) is 0 Å². The fraction of sp³-hybridized carbons (Fsp3) is 0.800. The molecule has 0 saturated heterocycles. The van der Waals surface area contributed by atoms with Gasteiger partial charge in [0.25, 0.3) is 0 Å². The highest BCUT2D eigenvalue weighted by atomic mass is 16.3. The maximum Gasteiger partial charge on any atom is 0.0658 e. The van der Waals surface area contributed by atoms with Crippen LogP contribution in [0.5, 0.6) is 0 Å². The van der Waals surface area contributed by atoms with Crippen molar-refractivity contribution in [3.05, 3.63) is 0 Å². The molecule has 2 nitrogen and oxygen atoms in total. The molecule has 0 amide bonds. The maximum absolute atomic E-state index is 8.76. The molecule has 0 spiro atoms. The van der Waals surface area contributed by atoms with Crippen molar-refractivity contribution in [3.63, 3.8) is 0 Å². The van der Waals surface area contributed by atoms with Gasteiger partial charge in [-0.3, -0.25) is 0 Å².